The molecule has 0 aliphatic carbocycles. The Kier molecular flexibility index (Phi) is 4.26. The summed E-state index contributed by atoms with van der Waals surface area (Å²) in [6.07, 6.45) is 3.40. The van der Waals surface area contributed by atoms with Gasteiger partial charge in [-0.15, -0.1) is 0 Å². The molecule has 4 rings (SSSR count). The third-order valence-corrected chi connectivity index (χ3v) is 4.96. The summed E-state index contributed by atoms with van der Waals surface area (Å²) >= 11 is 0. The molecule has 1 fully saturated rings. The van der Waals surface area contributed by atoms with E-state index in [2.05, 4.69) is 15.2 Å². The van der Waals surface area contributed by atoms with Gasteiger partial charge in [-0.3, -0.25) is 0 Å². The summed E-state index contributed by atoms with van der Waals surface area (Å²) in [6.45, 7) is 2.83. The average Bonchev–Trinajstić information content (AvgIpc) is 3.10. The van der Waals surface area contributed by atoms with E-state index < -0.39 is 0 Å². The van der Waals surface area contributed by atoms with Crippen molar-refractivity contribution in [3.8, 4) is 0 Å². The van der Waals surface area contributed by atoms with Gasteiger partial charge in [0.15, 0.2) is 0 Å². The highest BCUT2D eigenvalue weighted by molar-refractivity contribution is 5.75. The van der Waals surface area contributed by atoms with Crippen molar-refractivity contribution in [3.05, 3.63) is 59.5 Å². The van der Waals surface area contributed by atoms with E-state index >= 15 is 0 Å². The monoisotopic (exact) mass is 340 g/mol. The smallest absolute Gasteiger partial charge is 0.317 e. The Morgan fingerprint density at radius 1 is 1.20 bits per heavy atom. The number of amides is 2. The number of urea groups is 1. The standard InChI is InChI=1S/C19H21FN4O/c20-16-5-4-15-12-24(9-6-14(15)11-16)19(25)22-17-7-10-23(13-17)18-3-1-2-8-21-18/h1-5,8,11,17H,6-7,9-10,12-13H2,(H,22,25). The van der Waals surface area contributed by atoms with Crippen LogP contribution in [0, 0.1) is 5.82 Å². The summed E-state index contributed by atoms with van der Waals surface area (Å²) in [4.78, 5) is 21.0. The van der Waals surface area contributed by atoms with E-state index in [1.807, 2.05) is 23.1 Å². The highest BCUT2D eigenvalue weighted by Gasteiger charge is 2.27. The number of fused-ring (bicyclic) bond motifs is 1. The van der Waals surface area contributed by atoms with Gasteiger partial charge in [-0.25, -0.2) is 14.2 Å². The third-order valence-electron chi connectivity index (χ3n) is 4.96. The number of hydrogen-bond acceptors (Lipinski definition) is 3. The van der Waals surface area contributed by atoms with Crippen molar-refractivity contribution >= 4 is 11.8 Å². The summed E-state index contributed by atoms with van der Waals surface area (Å²) in [6, 6.07) is 10.8. The Bertz CT molecular complexity index is 767. The van der Waals surface area contributed by atoms with Crippen LogP contribution in [0.4, 0.5) is 15.0 Å². The molecule has 1 aromatic carbocycles. The first kappa shape index (κ1) is 15.9. The number of nitrogens with zero attached hydrogens (tertiary/aromatic N) is 3. The summed E-state index contributed by atoms with van der Waals surface area (Å²) in [5.41, 5.74) is 2.04. The molecule has 2 aliphatic rings. The van der Waals surface area contributed by atoms with Gasteiger partial charge in [0.05, 0.1) is 0 Å². The molecule has 0 spiro atoms. The zero-order chi connectivity index (χ0) is 17.2. The first-order valence-corrected chi connectivity index (χ1v) is 8.68. The minimum absolute atomic E-state index is 0.0390. The molecular formula is C19H21FN4O. The van der Waals surface area contributed by atoms with Crippen molar-refractivity contribution in [2.75, 3.05) is 24.5 Å². The molecule has 0 radical (unpaired) electrons. The number of aromatic nitrogens is 1. The lowest BCUT2D eigenvalue weighted by molar-refractivity contribution is 0.189. The highest BCUT2D eigenvalue weighted by atomic mass is 19.1. The van der Waals surface area contributed by atoms with E-state index in [0.717, 1.165) is 36.5 Å². The number of benzene rings is 1. The number of hydrogen-bond donors (Lipinski definition) is 1. The van der Waals surface area contributed by atoms with Gasteiger partial charge in [0.1, 0.15) is 11.6 Å². The van der Waals surface area contributed by atoms with Crippen molar-refractivity contribution in [2.24, 2.45) is 0 Å². The van der Waals surface area contributed by atoms with Crippen LogP contribution in [0.15, 0.2) is 42.6 Å². The van der Waals surface area contributed by atoms with Crippen molar-refractivity contribution in [1.29, 1.82) is 0 Å². The first-order valence-electron chi connectivity index (χ1n) is 8.68. The predicted molar refractivity (Wildman–Crippen MR) is 93.9 cm³/mol. The molecule has 2 aromatic rings. The molecule has 3 heterocycles. The lowest BCUT2D eigenvalue weighted by Crippen LogP contribution is -2.47. The first-order chi connectivity index (χ1) is 12.2. The molecule has 25 heavy (non-hydrogen) atoms. The summed E-state index contributed by atoms with van der Waals surface area (Å²) in [5.74, 6) is 0.741. The summed E-state index contributed by atoms with van der Waals surface area (Å²) in [7, 11) is 0. The fraction of sp³-hybridized carbons (Fsp3) is 0.368. The minimum Gasteiger partial charge on any atom is -0.354 e. The molecule has 1 unspecified atom stereocenters. The van der Waals surface area contributed by atoms with Crippen LogP contribution >= 0.6 is 0 Å². The van der Waals surface area contributed by atoms with Crippen molar-refractivity contribution in [2.45, 2.75) is 25.4 Å². The molecule has 0 saturated carbocycles. The maximum Gasteiger partial charge on any atom is 0.317 e. The number of rotatable bonds is 2. The molecule has 2 amide bonds. The Morgan fingerprint density at radius 3 is 2.96 bits per heavy atom. The molecule has 1 aromatic heterocycles. The van der Waals surface area contributed by atoms with E-state index in [1.54, 1.807) is 18.3 Å². The van der Waals surface area contributed by atoms with E-state index in [-0.39, 0.29) is 17.9 Å². The normalized spacial score (nSPS) is 19.6. The Labute approximate surface area is 146 Å². The summed E-state index contributed by atoms with van der Waals surface area (Å²) in [5, 5.41) is 3.13. The third kappa shape index (κ3) is 3.43. The SMILES string of the molecule is O=C(NC1CCN(c2ccccn2)C1)N1CCc2cc(F)ccc2C1. The number of carbonyl (C=O) groups is 1. The number of halogens is 1. The lowest BCUT2D eigenvalue weighted by atomic mass is 10.00. The van der Waals surface area contributed by atoms with E-state index in [4.69, 9.17) is 0 Å². The average molecular weight is 340 g/mol. The van der Waals surface area contributed by atoms with E-state index in [9.17, 15) is 9.18 Å². The van der Waals surface area contributed by atoms with Crippen molar-refractivity contribution in [1.82, 2.24) is 15.2 Å². The fourth-order valence-corrected chi connectivity index (χ4v) is 3.59. The fourth-order valence-electron chi connectivity index (χ4n) is 3.59. The molecule has 5 nitrogen and oxygen atoms in total. The molecular weight excluding hydrogens is 319 g/mol. The molecule has 130 valence electrons. The molecule has 1 saturated heterocycles. The van der Waals surface area contributed by atoms with Gasteiger partial charge in [-0.05, 0) is 48.2 Å². The highest BCUT2D eigenvalue weighted by Crippen LogP contribution is 2.21. The molecule has 6 heteroatoms. The second kappa shape index (κ2) is 6.70. The molecule has 2 aliphatic heterocycles. The minimum atomic E-state index is -0.211. The van der Waals surface area contributed by atoms with Crippen molar-refractivity contribution < 1.29 is 9.18 Å². The van der Waals surface area contributed by atoms with Gasteiger partial charge >= 0.3 is 6.03 Å². The van der Waals surface area contributed by atoms with E-state index in [0.29, 0.717) is 19.5 Å². The molecule has 0 bridgehead atoms. The van der Waals surface area contributed by atoms with E-state index in [1.165, 1.54) is 6.07 Å². The Balaban J connectivity index is 1.35. The maximum atomic E-state index is 13.3. The van der Waals surface area contributed by atoms with Crippen molar-refractivity contribution in [3.63, 3.8) is 0 Å². The quantitative estimate of drug-likeness (QED) is 0.914. The van der Waals surface area contributed by atoms with Gasteiger partial charge in [-0.1, -0.05) is 12.1 Å². The van der Waals surface area contributed by atoms with Crippen LogP contribution in [-0.4, -0.2) is 41.6 Å². The molecule has 1 atom stereocenters. The van der Waals surface area contributed by atoms with Gasteiger partial charge in [0.2, 0.25) is 0 Å². The lowest BCUT2D eigenvalue weighted by Gasteiger charge is -2.30. The van der Waals surface area contributed by atoms with Crippen LogP contribution in [0.2, 0.25) is 0 Å². The molecule has 1 N–H and O–H groups in total. The number of pyridine rings is 1. The van der Waals surface area contributed by atoms with Crippen LogP contribution in [0.3, 0.4) is 0 Å². The van der Waals surface area contributed by atoms with Gasteiger partial charge in [-0.2, -0.15) is 0 Å². The predicted octanol–water partition coefficient (Wildman–Crippen LogP) is 2.57. The largest absolute Gasteiger partial charge is 0.354 e. The van der Waals surface area contributed by atoms with Gasteiger partial charge in [0.25, 0.3) is 0 Å². The Hall–Kier alpha value is -2.63. The van der Waals surface area contributed by atoms with Gasteiger partial charge in [0, 0.05) is 38.4 Å². The maximum absolute atomic E-state index is 13.3. The van der Waals surface area contributed by atoms with Crippen LogP contribution in [0.25, 0.3) is 0 Å². The number of carbonyl (C=O) groups excluding carboxylic acids is 1. The zero-order valence-corrected chi connectivity index (χ0v) is 14.0. The Morgan fingerprint density at radius 2 is 2.12 bits per heavy atom. The van der Waals surface area contributed by atoms with Gasteiger partial charge < -0.3 is 15.1 Å². The second-order valence-electron chi connectivity index (χ2n) is 6.65. The second-order valence-corrected chi connectivity index (χ2v) is 6.65. The topological polar surface area (TPSA) is 48.5 Å². The summed E-state index contributed by atoms with van der Waals surface area (Å²) < 4.78 is 13.3. The number of anilines is 1. The zero-order valence-electron chi connectivity index (χ0n) is 14.0. The van der Waals surface area contributed by atoms with Crippen LogP contribution in [-0.2, 0) is 13.0 Å². The van der Waals surface area contributed by atoms with Crippen LogP contribution in [0.5, 0.6) is 0 Å². The van der Waals surface area contributed by atoms with Crippen LogP contribution < -0.4 is 10.2 Å². The van der Waals surface area contributed by atoms with Crippen LogP contribution in [0.1, 0.15) is 17.5 Å². The number of nitrogens with one attached hydrogen (secondary N) is 1.